The molecule has 1 aromatic rings. The van der Waals surface area contributed by atoms with E-state index >= 15 is 0 Å². The highest BCUT2D eigenvalue weighted by Gasteiger charge is 2.35. The summed E-state index contributed by atoms with van der Waals surface area (Å²) in [6.07, 6.45) is 3.25. The van der Waals surface area contributed by atoms with Gasteiger partial charge in [0.2, 0.25) is 5.91 Å². The predicted molar refractivity (Wildman–Crippen MR) is 74.2 cm³/mol. The van der Waals surface area contributed by atoms with Crippen molar-refractivity contribution in [1.82, 2.24) is 10.2 Å². The van der Waals surface area contributed by atoms with Crippen LogP contribution >= 0.6 is 0 Å². The predicted octanol–water partition coefficient (Wildman–Crippen LogP) is 2.20. The van der Waals surface area contributed by atoms with Gasteiger partial charge in [0.15, 0.2) is 5.82 Å². The monoisotopic (exact) mass is 279 g/mol. The van der Waals surface area contributed by atoms with Crippen molar-refractivity contribution in [3.63, 3.8) is 0 Å². The summed E-state index contributed by atoms with van der Waals surface area (Å²) in [5.41, 5.74) is 1.10. The van der Waals surface area contributed by atoms with Crippen LogP contribution in [0.1, 0.15) is 50.6 Å². The molecule has 1 amide bonds. The largest absolute Gasteiger partial charge is 0.469 e. The van der Waals surface area contributed by atoms with Crippen molar-refractivity contribution >= 4 is 17.7 Å². The van der Waals surface area contributed by atoms with Crippen molar-refractivity contribution in [2.75, 3.05) is 12.4 Å². The van der Waals surface area contributed by atoms with Gasteiger partial charge in [0, 0.05) is 30.5 Å². The lowest BCUT2D eigenvalue weighted by atomic mass is 10.2. The Balaban J connectivity index is 1.66. The Labute approximate surface area is 118 Å². The first kappa shape index (κ1) is 14.6. The summed E-state index contributed by atoms with van der Waals surface area (Å²) >= 11 is 0. The van der Waals surface area contributed by atoms with E-state index in [9.17, 15) is 9.59 Å². The van der Waals surface area contributed by atoms with Crippen molar-refractivity contribution in [3.8, 4) is 0 Å². The quantitative estimate of drug-likeness (QED) is 0.592. The van der Waals surface area contributed by atoms with Crippen LogP contribution in [0.15, 0.2) is 6.07 Å². The van der Waals surface area contributed by atoms with E-state index in [4.69, 9.17) is 0 Å². The number of H-pyrrole nitrogens is 1. The number of aromatic amines is 1. The standard InChI is InChI=1S/C14H21N3O3/c1-9-7-10(9)11-8-12(17-16-11)15-13(18)5-3-4-6-14(19)20-2/h8-10H,3-7H2,1-2H3,(H2,15,16,17,18)/t9-,10+/m0/s1. The number of nitrogens with one attached hydrogen (secondary N) is 2. The van der Waals surface area contributed by atoms with Gasteiger partial charge in [-0.3, -0.25) is 14.7 Å². The highest BCUT2D eigenvalue weighted by molar-refractivity contribution is 5.89. The first-order chi connectivity index (χ1) is 9.60. The fourth-order valence-corrected chi connectivity index (χ4v) is 2.21. The lowest BCUT2D eigenvalue weighted by molar-refractivity contribution is -0.140. The van der Waals surface area contributed by atoms with Crippen LogP contribution in [0, 0.1) is 5.92 Å². The van der Waals surface area contributed by atoms with Gasteiger partial charge in [-0.1, -0.05) is 6.92 Å². The average molecular weight is 279 g/mol. The van der Waals surface area contributed by atoms with E-state index in [-0.39, 0.29) is 11.9 Å². The van der Waals surface area contributed by atoms with E-state index in [1.165, 1.54) is 13.5 Å². The van der Waals surface area contributed by atoms with Crippen LogP contribution in [0.25, 0.3) is 0 Å². The number of carbonyl (C=O) groups is 2. The SMILES string of the molecule is COC(=O)CCCCC(=O)Nc1cc([C@@H]2C[C@@H]2C)[nH]n1. The summed E-state index contributed by atoms with van der Waals surface area (Å²) in [5.74, 6) is 1.54. The van der Waals surface area contributed by atoms with Gasteiger partial charge >= 0.3 is 5.97 Å². The molecule has 110 valence electrons. The lowest BCUT2D eigenvalue weighted by Gasteiger charge is -2.01. The number of carbonyl (C=O) groups excluding carboxylic acids is 2. The number of nitrogens with zero attached hydrogens (tertiary/aromatic N) is 1. The van der Waals surface area contributed by atoms with Crippen LogP contribution in [-0.2, 0) is 14.3 Å². The van der Waals surface area contributed by atoms with Crippen LogP contribution in [0.5, 0.6) is 0 Å². The van der Waals surface area contributed by atoms with Gasteiger partial charge in [-0.05, 0) is 25.2 Å². The Bertz CT molecular complexity index is 484. The van der Waals surface area contributed by atoms with Gasteiger partial charge < -0.3 is 10.1 Å². The molecular formula is C14H21N3O3. The Morgan fingerprint density at radius 2 is 2.15 bits per heavy atom. The highest BCUT2D eigenvalue weighted by atomic mass is 16.5. The smallest absolute Gasteiger partial charge is 0.305 e. The summed E-state index contributed by atoms with van der Waals surface area (Å²) in [6, 6.07) is 1.90. The number of aromatic nitrogens is 2. The van der Waals surface area contributed by atoms with Crippen molar-refractivity contribution in [2.24, 2.45) is 5.92 Å². The van der Waals surface area contributed by atoms with E-state index in [0.29, 0.717) is 43.3 Å². The molecule has 1 heterocycles. The van der Waals surface area contributed by atoms with E-state index in [1.807, 2.05) is 6.07 Å². The number of anilines is 1. The van der Waals surface area contributed by atoms with Crippen molar-refractivity contribution in [2.45, 2.75) is 44.9 Å². The van der Waals surface area contributed by atoms with E-state index in [1.54, 1.807) is 0 Å². The van der Waals surface area contributed by atoms with Gasteiger partial charge in [-0.15, -0.1) is 0 Å². The zero-order chi connectivity index (χ0) is 14.5. The van der Waals surface area contributed by atoms with Crippen molar-refractivity contribution < 1.29 is 14.3 Å². The van der Waals surface area contributed by atoms with E-state index < -0.39 is 0 Å². The fraction of sp³-hybridized carbons (Fsp3) is 0.643. The lowest BCUT2D eigenvalue weighted by Crippen LogP contribution is -2.11. The first-order valence-corrected chi connectivity index (χ1v) is 7.02. The van der Waals surface area contributed by atoms with Gasteiger partial charge in [-0.2, -0.15) is 5.10 Å². The Morgan fingerprint density at radius 1 is 1.45 bits per heavy atom. The van der Waals surface area contributed by atoms with Crippen LogP contribution in [0.2, 0.25) is 0 Å². The number of hydrogen-bond donors (Lipinski definition) is 2. The molecule has 2 rings (SSSR count). The maximum atomic E-state index is 11.7. The molecule has 1 aromatic heterocycles. The molecule has 1 aliphatic carbocycles. The second-order valence-corrected chi connectivity index (χ2v) is 5.36. The number of ether oxygens (including phenoxy) is 1. The molecule has 0 saturated heterocycles. The third-order valence-corrected chi connectivity index (χ3v) is 3.64. The summed E-state index contributed by atoms with van der Waals surface area (Å²) in [7, 11) is 1.37. The molecule has 1 fully saturated rings. The number of rotatable bonds is 7. The molecule has 1 aliphatic rings. The minimum atomic E-state index is -0.235. The van der Waals surface area contributed by atoms with Crippen LogP contribution in [0.4, 0.5) is 5.82 Å². The normalized spacial score (nSPS) is 20.5. The molecule has 6 heteroatoms. The van der Waals surface area contributed by atoms with Gasteiger partial charge in [0.05, 0.1) is 7.11 Å². The number of methoxy groups -OCH3 is 1. The third kappa shape index (κ3) is 4.08. The topological polar surface area (TPSA) is 84.1 Å². The Kier molecular flexibility index (Phi) is 4.76. The molecule has 1 saturated carbocycles. The van der Waals surface area contributed by atoms with Gasteiger partial charge in [0.1, 0.15) is 0 Å². The minimum Gasteiger partial charge on any atom is -0.469 e. The molecule has 2 atom stereocenters. The second kappa shape index (κ2) is 6.54. The number of esters is 1. The number of amides is 1. The first-order valence-electron chi connectivity index (χ1n) is 7.02. The van der Waals surface area contributed by atoms with E-state index in [0.717, 1.165) is 5.69 Å². The molecule has 0 aliphatic heterocycles. The van der Waals surface area contributed by atoms with Crippen LogP contribution in [0.3, 0.4) is 0 Å². The number of hydrogen-bond acceptors (Lipinski definition) is 4. The minimum absolute atomic E-state index is 0.0724. The second-order valence-electron chi connectivity index (χ2n) is 5.36. The highest BCUT2D eigenvalue weighted by Crippen LogP contribution is 2.46. The van der Waals surface area contributed by atoms with Crippen molar-refractivity contribution in [1.29, 1.82) is 0 Å². The molecule has 0 radical (unpaired) electrons. The summed E-state index contributed by atoms with van der Waals surface area (Å²) in [4.78, 5) is 22.6. The van der Waals surface area contributed by atoms with E-state index in [2.05, 4.69) is 27.2 Å². The zero-order valence-electron chi connectivity index (χ0n) is 11.9. The summed E-state index contributed by atoms with van der Waals surface area (Å²) in [5, 5.41) is 9.82. The van der Waals surface area contributed by atoms with Crippen LogP contribution in [-0.4, -0.2) is 29.2 Å². The van der Waals surface area contributed by atoms with Crippen LogP contribution < -0.4 is 5.32 Å². The third-order valence-electron chi connectivity index (χ3n) is 3.64. The molecule has 0 aromatic carbocycles. The van der Waals surface area contributed by atoms with Gasteiger partial charge in [0.25, 0.3) is 0 Å². The maximum Gasteiger partial charge on any atom is 0.305 e. The Morgan fingerprint density at radius 3 is 2.80 bits per heavy atom. The number of unbranched alkanes of at least 4 members (excludes halogenated alkanes) is 1. The van der Waals surface area contributed by atoms with Gasteiger partial charge in [-0.25, -0.2) is 0 Å². The zero-order valence-corrected chi connectivity index (χ0v) is 11.9. The summed E-state index contributed by atoms with van der Waals surface area (Å²) < 4.78 is 4.54. The maximum absolute atomic E-state index is 11.7. The molecule has 0 spiro atoms. The molecule has 0 bridgehead atoms. The Hall–Kier alpha value is -1.85. The average Bonchev–Trinajstić information content (AvgIpc) is 2.98. The molecule has 0 unspecified atom stereocenters. The molecule has 6 nitrogen and oxygen atoms in total. The summed E-state index contributed by atoms with van der Waals surface area (Å²) in [6.45, 7) is 2.20. The molecule has 20 heavy (non-hydrogen) atoms. The van der Waals surface area contributed by atoms with Crippen molar-refractivity contribution in [3.05, 3.63) is 11.8 Å². The molecular weight excluding hydrogens is 258 g/mol. The fourth-order valence-electron chi connectivity index (χ4n) is 2.21. The molecule has 2 N–H and O–H groups in total.